The number of rotatable bonds is 6. The molecule has 6 nitrogen and oxygen atoms in total. The second-order valence-corrected chi connectivity index (χ2v) is 9.30. The van der Waals surface area contributed by atoms with Crippen molar-refractivity contribution in [3.8, 4) is 0 Å². The molecule has 1 fully saturated rings. The van der Waals surface area contributed by atoms with Gasteiger partial charge < -0.3 is 4.90 Å². The molecular weight excluding hydrogens is 352 g/mol. The smallest absolute Gasteiger partial charge is 0.243 e. The van der Waals surface area contributed by atoms with Crippen LogP contribution in [0.25, 0.3) is 0 Å². The zero-order valence-electron chi connectivity index (χ0n) is 15.9. The number of Topliss-reactive ketones (excluding diaryl/α,β-unsaturated/α-hetero) is 1. The van der Waals surface area contributed by atoms with Crippen LogP contribution in [0.3, 0.4) is 0 Å². The Kier molecular flexibility index (Phi) is 6.58. The van der Waals surface area contributed by atoms with Crippen molar-refractivity contribution in [2.75, 3.05) is 20.6 Å². The minimum atomic E-state index is -3.77. The van der Waals surface area contributed by atoms with Crippen LogP contribution in [0.4, 0.5) is 0 Å². The molecule has 2 rings (SSSR count). The van der Waals surface area contributed by atoms with Crippen molar-refractivity contribution in [3.63, 3.8) is 0 Å². The van der Waals surface area contributed by atoms with Gasteiger partial charge in [-0.1, -0.05) is 19.1 Å². The Morgan fingerprint density at radius 1 is 1.04 bits per heavy atom. The van der Waals surface area contributed by atoms with Crippen molar-refractivity contribution >= 4 is 21.7 Å². The number of ketones is 1. The number of sulfonamides is 1. The van der Waals surface area contributed by atoms with Crippen LogP contribution in [0, 0.1) is 5.92 Å². The van der Waals surface area contributed by atoms with Crippen molar-refractivity contribution in [1.82, 2.24) is 9.21 Å². The van der Waals surface area contributed by atoms with Crippen LogP contribution in [0.15, 0.2) is 29.2 Å². The lowest BCUT2D eigenvalue weighted by Gasteiger charge is -2.34. The van der Waals surface area contributed by atoms with Crippen molar-refractivity contribution < 1.29 is 18.0 Å². The first-order valence-electron chi connectivity index (χ1n) is 8.96. The number of amides is 1. The van der Waals surface area contributed by atoms with Crippen LogP contribution in [0.2, 0.25) is 0 Å². The zero-order chi connectivity index (χ0) is 19.5. The van der Waals surface area contributed by atoms with E-state index in [-0.39, 0.29) is 29.2 Å². The van der Waals surface area contributed by atoms with Gasteiger partial charge in [0.05, 0.1) is 11.4 Å². The monoisotopic (exact) mass is 380 g/mol. The molecule has 1 saturated carbocycles. The molecule has 0 spiro atoms. The van der Waals surface area contributed by atoms with Gasteiger partial charge in [-0.05, 0) is 50.7 Å². The summed E-state index contributed by atoms with van der Waals surface area (Å²) in [5, 5.41) is 0. The van der Waals surface area contributed by atoms with Crippen LogP contribution in [-0.4, -0.2) is 56.0 Å². The van der Waals surface area contributed by atoms with Crippen molar-refractivity contribution in [3.05, 3.63) is 29.8 Å². The number of hydrogen-bond donors (Lipinski definition) is 0. The molecular formula is C19H28N2O4S. The molecule has 0 atom stereocenters. The second-order valence-electron chi connectivity index (χ2n) is 7.26. The van der Waals surface area contributed by atoms with Gasteiger partial charge >= 0.3 is 0 Å². The Morgan fingerprint density at radius 3 is 2.08 bits per heavy atom. The number of hydrogen-bond acceptors (Lipinski definition) is 4. The number of likely N-dealkylation sites (N-methyl/N-ethyl adjacent to an activating group) is 2. The number of benzene rings is 1. The molecule has 0 aromatic heterocycles. The molecule has 0 radical (unpaired) electrons. The van der Waals surface area contributed by atoms with Gasteiger partial charge in [-0.3, -0.25) is 9.59 Å². The highest BCUT2D eigenvalue weighted by Gasteiger charge is 2.28. The fourth-order valence-electron chi connectivity index (χ4n) is 3.26. The quantitative estimate of drug-likeness (QED) is 0.711. The summed E-state index contributed by atoms with van der Waals surface area (Å²) in [5.74, 6) is 0.368. The summed E-state index contributed by atoms with van der Waals surface area (Å²) in [7, 11) is -0.614. The van der Waals surface area contributed by atoms with Gasteiger partial charge in [0.1, 0.15) is 0 Å². The topological polar surface area (TPSA) is 74.8 Å². The third-order valence-corrected chi connectivity index (χ3v) is 7.07. The van der Waals surface area contributed by atoms with Gasteiger partial charge in [0.2, 0.25) is 15.9 Å². The summed E-state index contributed by atoms with van der Waals surface area (Å²) >= 11 is 0. The molecule has 0 saturated heterocycles. The standard InChI is InChI=1S/C19H28N2O4S/c1-14-5-9-17(10-6-14)21(4)19(23)13-20(3)26(24,25)18-11-7-16(8-12-18)15(2)22/h7-8,11-12,14,17H,5-6,9-10,13H2,1-4H3. The number of nitrogens with zero attached hydrogens (tertiary/aromatic N) is 2. The van der Waals surface area contributed by atoms with E-state index in [9.17, 15) is 18.0 Å². The Balaban J connectivity index is 2.03. The molecule has 1 aromatic rings. The fourth-order valence-corrected chi connectivity index (χ4v) is 4.38. The van der Waals surface area contributed by atoms with Crippen molar-refractivity contribution in [2.24, 2.45) is 5.92 Å². The molecule has 1 amide bonds. The highest BCUT2D eigenvalue weighted by molar-refractivity contribution is 7.89. The van der Waals surface area contributed by atoms with Gasteiger partial charge in [-0.15, -0.1) is 0 Å². The van der Waals surface area contributed by atoms with Crippen LogP contribution in [0.1, 0.15) is 49.9 Å². The van der Waals surface area contributed by atoms with E-state index in [0.29, 0.717) is 11.5 Å². The molecule has 1 aliphatic rings. The molecule has 0 aliphatic heterocycles. The lowest BCUT2D eigenvalue weighted by atomic mass is 9.87. The summed E-state index contributed by atoms with van der Waals surface area (Å²) in [4.78, 5) is 25.6. The average molecular weight is 381 g/mol. The average Bonchev–Trinajstić information content (AvgIpc) is 2.61. The molecule has 0 unspecified atom stereocenters. The first-order chi connectivity index (χ1) is 12.1. The summed E-state index contributed by atoms with van der Waals surface area (Å²) in [6.45, 7) is 3.45. The molecule has 7 heteroatoms. The minimum absolute atomic E-state index is 0.0759. The van der Waals surface area contributed by atoms with Gasteiger partial charge in [0.15, 0.2) is 5.78 Å². The Morgan fingerprint density at radius 2 is 1.58 bits per heavy atom. The van der Waals surface area contributed by atoms with E-state index < -0.39 is 10.0 Å². The molecule has 0 N–H and O–H groups in total. The predicted molar refractivity (Wildman–Crippen MR) is 100 cm³/mol. The van der Waals surface area contributed by atoms with E-state index in [4.69, 9.17) is 0 Å². The molecule has 1 aliphatic carbocycles. The Bertz CT molecular complexity index is 750. The summed E-state index contributed by atoms with van der Waals surface area (Å²) in [5.41, 5.74) is 0.453. The summed E-state index contributed by atoms with van der Waals surface area (Å²) < 4.78 is 26.4. The van der Waals surface area contributed by atoms with Crippen LogP contribution in [0.5, 0.6) is 0 Å². The number of carbonyl (C=O) groups excluding carboxylic acids is 2. The third kappa shape index (κ3) is 4.71. The maximum absolute atomic E-state index is 12.7. The van der Waals surface area contributed by atoms with Gasteiger partial charge in [-0.2, -0.15) is 4.31 Å². The maximum Gasteiger partial charge on any atom is 0.243 e. The normalized spacial score (nSPS) is 20.8. The predicted octanol–water partition coefficient (Wildman–Crippen LogP) is 2.55. The molecule has 0 heterocycles. The zero-order valence-corrected chi connectivity index (χ0v) is 16.8. The SMILES string of the molecule is CC(=O)c1ccc(S(=O)(=O)N(C)CC(=O)N(C)C2CCC(C)CC2)cc1. The van der Waals surface area contributed by atoms with Crippen molar-refractivity contribution in [2.45, 2.75) is 50.5 Å². The van der Waals surface area contributed by atoms with E-state index in [1.54, 1.807) is 11.9 Å². The van der Waals surface area contributed by atoms with Gasteiger partial charge in [0, 0.05) is 25.7 Å². The highest BCUT2D eigenvalue weighted by atomic mass is 32.2. The Hall–Kier alpha value is -1.73. The molecule has 1 aromatic carbocycles. The van der Waals surface area contributed by atoms with E-state index in [1.807, 2.05) is 0 Å². The van der Waals surface area contributed by atoms with Gasteiger partial charge in [0.25, 0.3) is 0 Å². The van der Waals surface area contributed by atoms with Crippen molar-refractivity contribution in [1.29, 1.82) is 0 Å². The number of carbonyl (C=O) groups is 2. The lowest BCUT2D eigenvalue weighted by Crippen LogP contribution is -2.45. The fraction of sp³-hybridized carbons (Fsp3) is 0.579. The minimum Gasteiger partial charge on any atom is -0.342 e. The van der Waals surface area contributed by atoms with Crippen LogP contribution >= 0.6 is 0 Å². The molecule has 26 heavy (non-hydrogen) atoms. The first-order valence-corrected chi connectivity index (χ1v) is 10.4. The first kappa shape index (κ1) is 20.6. The third-order valence-electron chi connectivity index (χ3n) is 5.25. The Labute approximate surface area is 156 Å². The lowest BCUT2D eigenvalue weighted by molar-refractivity contribution is -0.132. The molecule has 144 valence electrons. The van der Waals surface area contributed by atoms with E-state index in [2.05, 4.69) is 6.92 Å². The van der Waals surface area contributed by atoms with E-state index in [1.165, 1.54) is 38.2 Å². The molecule has 0 bridgehead atoms. The van der Waals surface area contributed by atoms with E-state index in [0.717, 1.165) is 30.0 Å². The van der Waals surface area contributed by atoms with Gasteiger partial charge in [-0.25, -0.2) is 8.42 Å². The second kappa shape index (κ2) is 8.31. The van der Waals surface area contributed by atoms with E-state index >= 15 is 0 Å². The largest absolute Gasteiger partial charge is 0.342 e. The van der Waals surface area contributed by atoms with Crippen LogP contribution < -0.4 is 0 Å². The maximum atomic E-state index is 12.7. The van der Waals surface area contributed by atoms with Crippen LogP contribution in [-0.2, 0) is 14.8 Å². The summed E-state index contributed by atoms with van der Waals surface area (Å²) in [6.07, 6.45) is 4.12. The summed E-state index contributed by atoms with van der Waals surface area (Å²) in [6, 6.07) is 5.96. The highest BCUT2D eigenvalue weighted by Crippen LogP contribution is 2.26.